The monoisotopic (exact) mass is 856 g/mol. The van der Waals surface area contributed by atoms with Crippen LogP contribution in [0.4, 0.5) is 5.69 Å². The molecule has 2 fully saturated rings. The number of ether oxygens (including phenoxy) is 5. The van der Waals surface area contributed by atoms with Crippen LogP contribution >= 0.6 is 23.4 Å². The summed E-state index contributed by atoms with van der Waals surface area (Å²) in [6.45, 7) is 2.74. The van der Waals surface area contributed by atoms with Crippen LogP contribution in [0, 0.1) is 6.92 Å². The molecule has 8 N–H and O–H groups in total. The average Bonchev–Trinajstić information content (AvgIpc) is 3.52. The van der Waals surface area contributed by atoms with Gasteiger partial charge < -0.3 is 55.6 Å². The average molecular weight is 857 g/mol. The molecule has 318 valence electrons. The number of rotatable bonds is 18. The Morgan fingerprint density at radius 2 is 1.83 bits per heavy atom. The molecule has 18 heteroatoms. The van der Waals surface area contributed by atoms with E-state index < -0.39 is 68.0 Å². The number of carbonyl (C=O) groups excluding carboxylic acids is 3. The van der Waals surface area contributed by atoms with Gasteiger partial charge in [-0.3, -0.25) is 24.3 Å². The molecular formula is C41H49ClN4O12S. The molecule has 2 aliphatic heterocycles. The highest BCUT2D eigenvalue weighted by atomic mass is 35.5. The summed E-state index contributed by atoms with van der Waals surface area (Å²) < 4.78 is 28.6. The molecule has 16 nitrogen and oxygen atoms in total. The van der Waals surface area contributed by atoms with Gasteiger partial charge >= 0.3 is 11.9 Å². The Balaban J connectivity index is 1.25. The van der Waals surface area contributed by atoms with Crippen molar-refractivity contribution in [2.45, 2.75) is 76.0 Å². The molecule has 0 saturated carbocycles. The van der Waals surface area contributed by atoms with Crippen molar-refractivity contribution in [2.24, 2.45) is 16.5 Å². The number of para-hydroxylation sites is 1. The van der Waals surface area contributed by atoms with Crippen LogP contribution in [0.3, 0.4) is 0 Å². The fraction of sp³-hybridized carbons (Fsp3) is 0.415. The lowest BCUT2D eigenvalue weighted by Crippen LogP contribution is -2.63. The first-order valence-corrected chi connectivity index (χ1v) is 20.2. The van der Waals surface area contributed by atoms with Gasteiger partial charge in [0.15, 0.2) is 23.7 Å². The highest BCUT2D eigenvalue weighted by Crippen LogP contribution is 2.38. The second-order valence-electron chi connectivity index (χ2n) is 13.7. The number of hydrogen-bond acceptors (Lipinski definition) is 16. The minimum Gasteiger partial charge on any atom is -0.508 e. The predicted molar refractivity (Wildman–Crippen MR) is 221 cm³/mol. The zero-order valence-electron chi connectivity index (χ0n) is 32.5. The van der Waals surface area contributed by atoms with E-state index in [1.54, 1.807) is 41.3 Å². The molecule has 2 aliphatic rings. The number of amides is 1. The Bertz CT molecular complexity index is 1990. The number of halogens is 1. The second-order valence-corrected chi connectivity index (χ2v) is 15.1. The number of aryl methyl sites for hydroxylation is 1. The number of carbonyl (C=O) groups is 3. The van der Waals surface area contributed by atoms with Crippen LogP contribution in [-0.2, 0) is 39.8 Å². The van der Waals surface area contributed by atoms with Crippen molar-refractivity contribution in [2.75, 3.05) is 37.8 Å². The summed E-state index contributed by atoms with van der Waals surface area (Å²) in [5.74, 6) is -1.75. The summed E-state index contributed by atoms with van der Waals surface area (Å²) in [6, 6.07) is 17.3. The summed E-state index contributed by atoms with van der Waals surface area (Å²) in [5, 5.41) is 42.2. The van der Waals surface area contributed by atoms with E-state index in [9.17, 15) is 34.8 Å². The number of thioether (sulfide) groups is 1. The number of phenols is 1. The Morgan fingerprint density at radius 1 is 1.08 bits per heavy atom. The van der Waals surface area contributed by atoms with Crippen molar-refractivity contribution in [3.63, 3.8) is 0 Å². The molecule has 0 aliphatic carbocycles. The second kappa shape index (κ2) is 21.6. The third-order valence-electron chi connectivity index (χ3n) is 9.20. The van der Waals surface area contributed by atoms with Gasteiger partial charge in [-0.1, -0.05) is 54.9 Å². The third-order valence-corrected chi connectivity index (χ3v) is 10.5. The van der Waals surface area contributed by atoms with Crippen molar-refractivity contribution in [3.8, 4) is 11.5 Å². The first-order chi connectivity index (χ1) is 28.4. The van der Waals surface area contributed by atoms with E-state index in [0.29, 0.717) is 27.7 Å². The molecular weight excluding hydrogens is 808 g/mol. The SMILES string of the molecule is CCCN=C1S/C(=C\c2ccc(OC[C@@H](CO)OC3O[C@H](CO)[C@@H](OC(=O)[C@@H](N)Cc4ccc(O)cc4)[C@H](OC(=O)CCN)[C@H]3O)c(Cl)c2)C(=O)N1c1ccccc1C. The van der Waals surface area contributed by atoms with Gasteiger partial charge in [-0.25, -0.2) is 0 Å². The molecule has 1 unspecified atom stereocenters. The van der Waals surface area contributed by atoms with Gasteiger partial charge in [-0.2, -0.15) is 0 Å². The van der Waals surface area contributed by atoms with Crippen molar-refractivity contribution in [1.29, 1.82) is 0 Å². The Hall–Kier alpha value is -4.56. The lowest BCUT2D eigenvalue weighted by molar-refractivity contribution is -0.318. The summed E-state index contributed by atoms with van der Waals surface area (Å²) >= 11 is 7.88. The number of anilines is 1. The zero-order valence-corrected chi connectivity index (χ0v) is 34.1. The molecule has 0 bridgehead atoms. The maximum Gasteiger partial charge on any atom is 0.323 e. The van der Waals surface area contributed by atoms with Crippen molar-refractivity contribution < 1.29 is 58.5 Å². The maximum atomic E-state index is 13.6. The largest absolute Gasteiger partial charge is 0.508 e. The molecule has 7 atom stereocenters. The third kappa shape index (κ3) is 11.8. The normalized spacial score (nSPS) is 23.0. The quantitative estimate of drug-likeness (QED) is 0.0796. The van der Waals surface area contributed by atoms with Crippen LogP contribution in [0.2, 0.25) is 5.02 Å². The number of benzene rings is 3. The number of aromatic hydroxyl groups is 1. The number of nitrogens with zero attached hydrogens (tertiary/aromatic N) is 2. The standard InChI is InChI=1S/C41H49ClN4O12S/c1-3-16-45-41-46(30-7-5-4-6-23(30)2)38(52)33(59-41)19-25-10-13-31(28(42)17-25)54-22-27(20-47)55-40-35(51)37(57-34(50)14-15-43)36(32(21-48)56-40)58-39(53)29(44)18-24-8-11-26(49)12-9-24/h4-13,17,19,27,29,32,35-37,40,47-49,51H,3,14-16,18,20-22,43-44H2,1-2H3/b33-19-,45-41?/t27-,29+,32-,35-,36-,37-,40?/m1/s1. The van der Waals surface area contributed by atoms with E-state index in [0.717, 1.165) is 17.7 Å². The van der Waals surface area contributed by atoms with E-state index in [1.807, 2.05) is 38.1 Å². The molecule has 0 radical (unpaired) electrons. The van der Waals surface area contributed by atoms with Crippen LogP contribution in [0.25, 0.3) is 6.08 Å². The number of amidine groups is 1. The summed E-state index contributed by atoms with van der Waals surface area (Å²) in [4.78, 5) is 46.1. The van der Waals surface area contributed by atoms with Crippen LogP contribution in [0.15, 0.2) is 76.6 Å². The minimum atomic E-state index is -1.79. The molecule has 3 aromatic rings. The number of phenolic OH excluding ortho intramolecular Hbond substituents is 1. The van der Waals surface area contributed by atoms with Gasteiger partial charge in [0.2, 0.25) is 0 Å². The van der Waals surface area contributed by atoms with E-state index in [-0.39, 0.29) is 48.4 Å². The molecule has 3 aromatic carbocycles. The Morgan fingerprint density at radius 3 is 2.49 bits per heavy atom. The smallest absolute Gasteiger partial charge is 0.323 e. The van der Waals surface area contributed by atoms with Crippen molar-refractivity contribution in [1.82, 2.24) is 0 Å². The molecule has 0 aromatic heterocycles. The molecule has 2 heterocycles. The number of aliphatic hydroxyl groups is 3. The van der Waals surface area contributed by atoms with E-state index >= 15 is 0 Å². The molecule has 59 heavy (non-hydrogen) atoms. The fourth-order valence-corrected chi connectivity index (χ4v) is 7.39. The summed E-state index contributed by atoms with van der Waals surface area (Å²) in [5.41, 5.74) is 14.5. The van der Waals surface area contributed by atoms with Gasteiger partial charge in [0.25, 0.3) is 5.91 Å². The molecule has 2 saturated heterocycles. The van der Waals surface area contributed by atoms with Crippen LogP contribution in [0.5, 0.6) is 11.5 Å². The number of aliphatic imine (C=N–C) groups is 1. The summed E-state index contributed by atoms with van der Waals surface area (Å²) in [7, 11) is 0. The molecule has 1 amide bonds. The minimum absolute atomic E-state index is 0.0202. The van der Waals surface area contributed by atoms with Crippen molar-refractivity contribution >= 4 is 58.1 Å². The highest BCUT2D eigenvalue weighted by Gasteiger charge is 2.51. The van der Waals surface area contributed by atoms with Gasteiger partial charge in [0.05, 0.1) is 35.2 Å². The Labute approximate surface area is 350 Å². The maximum absolute atomic E-state index is 13.6. The first-order valence-electron chi connectivity index (χ1n) is 19.0. The molecule has 0 spiro atoms. The van der Waals surface area contributed by atoms with Crippen LogP contribution in [0.1, 0.15) is 36.5 Å². The lowest BCUT2D eigenvalue weighted by atomic mass is 9.98. The highest BCUT2D eigenvalue weighted by molar-refractivity contribution is 8.19. The van der Waals surface area contributed by atoms with Gasteiger partial charge in [0, 0.05) is 13.1 Å². The Kier molecular flexibility index (Phi) is 16.7. The predicted octanol–water partition coefficient (Wildman–Crippen LogP) is 2.82. The zero-order chi connectivity index (χ0) is 42.6. The van der Waals surface area contributed by atoms with Crippen LogP contribution < -0.4 is 21.1 Å². The number of nitrogens with two attached hydrogens (primary N) is 2. The first kappa shape index (κ1) is 45.5. The van der Waals surface area contributed by atoms with E-state index in [4.69, 9.17) is 46.8 Å². The topological polar surface area (TPSA) is 246 Å². The number of hydrogen-bond donors (Lipinski definition) is 6. The number of aliphatic hydroxyl groups excluding tert-OH is 3. The van der Waals surface area contributed by atoms with Gasteiger partial charge in [-0.15, -0.1) is 0 Å². The van der Waals surface area contributed by atoms with Gasteiger partial charge in [0.1, 0.15) is 42.5 Å². The van der Waals surface area contributed by atoms with Gasteiger partial charge in [-0.05, 0) is 84.6 Å². The number of esters is 2. The fourth-order valence-electron chi connectivity index (χ4n) is 6.15. The molecule has 5 rings (SSSR count). The van der Waals surface area contributed by atoms with E-state index in [1.165, 1.54) is 23.9 Å². The summed E-state index contributed by atoms with van der Waals surface area (Å²) in [6.07, 6.45) is -6.73. The van der Waals surface area contributed by atoms with E-state index in [2.05, 4.69) is 4.99 Å². The van der Waals surface area contributed by atoms with Crippen LogP contribution in [-0.4, -0.2) is 119 Å². The van der Waals surface area contributed by atoms with Crippen molar-refractivity contribution in [3.05, 3.63) is 93.3 Å². The lowest BCUT2D eigenvalue weighted by Gasteiger charge is -2.43.